The van der Waals surface area contributed by atoms with Crippen molar-refractivity contribution in [2.75, 3.05) is 14.1 Å². The van der Waals surface area contributed by atoms with E-state index >= 15 is 0 Å². The van der Waals surface area contributed by atoms with E-state index in [-0.39, 0.29) is 0 Å². The summed E-state index contributed by atoms with van der Waals surface area (Å²) in [6.07, 6.45) is 1.87. The first-order chi connectivity index (χ1) is 12.0. The Hall–Kier alpha value is -2.16. The Morgan fingerprint density at radius 2 is 1.40 bits per heavy atom. The smallest absolute Gasteiger partial charge is 0.0707 e. The number of hydrogen-bond acceptors (Lipinski definition) is 3. The van der Waals surface area contributed by atoms with E-state index in [9.17, 15) is 0 Å². The molecule has 0 N–H and O–H groups in total. The SMILES string of the molecule is CN(C)N=Cc1ccc(P(=S)(c2ccccc2)c2ccccc2)n1C. The molecular weight excluding hydrogens is 345 g/mol. The number of rotatable bonds is 5. The Morgan fingerprint density at radius 3 is 1.88 bits per heavy atom. The summed E-state index contributed by atoms with van der Waals surface area (Å²) in [5, 5.41) is 8.56. The maximum absolute atomic E-state index is 6.37. The lowest BCUT2D eigenvalue weighted by Gasteiger charge is -2.24. The molecule has 0 atom stereocenters. The molecule has 3 aromatic rings. The van der Waals surface area contributed by atoms with Gasteiger partial charge in [0.1, 0.15) is 0 Å². The third-order valence-corrected chi connectivity index (χ3v) is 9.09. The minimum atomic E-state index is -2.12. The molecule has 0 fully saturated rings. The largest absolute Gasteiger partial charge is 0.342 e. The fraction of sp³-hybridized carbons (Fsp3) is 0.150. The van der Waals surface area contributed by atoms with Crippen LogP contribution in [0, 0.1) is 0 Å². The van der Waals surface area contributed by atoms with E-state index in [0.29, 0.717) is 0 Å². The second-order valence-electron chi connectivity index (χ2n) is 6.05. The highest BCUT2D eigenvalue weighted by molar-refractivity contribution is 8.25. The molecule has 0 aliphatic carbocycles. The molecule has 1 heterocycles. The first kappa shape index (κ1) is 17.7. The Bertz CT molecular complexity index is 871. The van der Waals surface area contributed by atoms with Crippen molar-refractivity contribution in [1.29, 1.82) is 0 Å². The Balaban J connectivity index is 2.20. The van der Waals surface area contributed by atoms with Gasteiger partial charge in [-0.15, -0.1) is 0 Å². The van der Waals surface area contributed by atoms with E-state index < -0.39 is 6.04 Å². The van der Waals surface area contributed by atoms with Gasteiger partial charge in [0.2, 0.25) is 0 Å². The van der Waals surface area contributed by atoms with E-state index in [1.165, 1.54) is 16.0 Å². The van der Waals surface area contributed by atoms with Crippen molar-refractivity contribution >= 4 is 40.1 Å². The first-order valence-electron chi connectivity index (χ1n) is 8.12. The zero-order chi connectivity index (χ0) is 17.9. The first-order valence-corrected chi connectivity index (χ1v) is 10.9. The lowest BCUT2D eigenvalue weighted by atomic mass is 10.4. The lowest BCUT2D eigenvalue weighted by molar-refractivity contribution is 0.440. The van der Waals surface area contributed by atoms with Crippen molar-refractivity contribution in [3.05, 3.63) is 78.5 Å². The standard InChI is InChI=1S/C20H22N3PS/c1-22(2)21-16-17-14-15-20(23(17)3)24(25,18-10-6-4-7-11-18)19-12-8-5-9-13-19/h4-16H,1-3H3. The summed E-state index contributed by atoms with van der Waals surface area (Å²) >= 11 is 6.37. The van der Waals surface area contributed by atoms with Crippen molar-refractivity contribution in [1.82, 2.24) is 9.58 Å². The number of hydrazone groups is 1. The molecule has 0 bridgehead atoms. The zero-order valence-corrected chi connectivity index (χ0v) is 16.4. The minimum Gasteiger partial charge on any atom is -0.342 e. The normalized spacial score (nSPS) is 11.8. The van der Waals surface area contributed by atoms with E-state index in [4.69, 9.17) is 11.8 Å². The molecule has 0 amide bonds. The molecule has 3 rings (SSSR count). The molecule has 0 aliphatic rings. The van der Waals surface area contributed by atoms with E-state index in [1.54, 1.807) is 5.01 Å². The molecule has 0 spiro atoms. The monoisotopic (exact) mass is 367 g/mol. The van der Waals surface area contributed by atoms with Gasteiger partial charge in [-0.2, -0.15) is 5.10 Å². The number of benzene rings is 2. The quantitative estimate of drug-likeness (QED) is 0.393. The predicted molar refractivity (Wildman–Crippen MR) is 113 cm³/mol. The van der Waals surface area contributed by atoms with Crippen molar-refractivity contribution in [3.8, 4) is 0 Å². The van der Waals surface area contributed by atoms with Crippen LogP contribution in [0.3, 0.4) is 0 Å². The van der Waals surface area contributed by atoms with E-state index in [1.807, 2.05) is 32.4 Å². The molecule has 0 saturated carbocycles. The zero-order valence-electron chi connectivity index (χ0n) is 14.7. The second kappa shape index (κ2) is 7.38. The Kier molecular flexibility index (Phi) is 5.22. The number of nitrogens with zero attached hydrogens (tertiary/aromatic N) is 3. The Morgan fingerprint density at radius 1 is 0.880 bits per heavy atom. The van der Waals surface area contributed by atoms with Gasteiger partial charge in [0.15, 0.2) is 0 Å². The number of hydrogen-bond donors (Lipinski definition) is 0. The second-order valence-corrected chi connectivity index (χ2v) is 10.4. The summed E-state index contributed by atoms with van der Waals surface area (Å²) in [6.45, 7) is 0. The van der Waals surface area contributed by atoms with Gasteiger partial charge in [-0.05, 0) is 22.7 Å². The summed E-state index contributed by atoms with van der Waals surface area (Å²) in [5.41, 5.74) is 2.21. The van der Waals surface area contributed by atoms with Gasteiger partial charge in [0, 0.05) is 21.1 Å². The van der Waals surface area contributed by atoms with Gasteiger partial charge >= 0.3 is 0 Å². The molecule has 0 aliphatic heterocycles. The summed E-state index contributed by atoms with van der Waals surface area (Å²) < 4.78 is 2.17. The van der Waals surface area contributed by atoms with E-state index in [0.717, 1.165) is 5.69 Å². The van der Waals surface area contributed by atoms with E-state index in [2.05, 4.69) is 77.4 Å². The fourth-order valence-electron chi connectivity index (χ4n) is 2.83. The van der Waals surface area contributed by atoms with Gasteiger partial charge in [-0.25, -0.2) is 0 Å². The average molecular weight is 367 g/mol. The van der Waals surface area contributed by atoms with Crippen molar-refractivity contribution < 1.29 is 0 Å². The van der Waals surface area contributed by atoms with Crippen LogP contribution in [0.15, 0.2) is 77.9 Å². The van der Waals surface area contributed by atoms with Crippen LogP contribution in [0.1, 0.15) is 5.69 Å². The average Bonchev–Trinajstić information content (AvgIpc) is 3.02. The van der Waals surface area contributed by atoms with Crippen LogP contribution in [0.2, 0.25) is 0 Å². The molecule has 2 aromatic carbocycles. The highest BCUT2D eigenvalue weighted by Crippen LogP contribution is 2.42. The lowest BCUT2D eigenvalue weighted by Crippen LogP contribution is -2.29. The van der Waals surface area contributed by atoms with Crippen LogP contribution in [-0.4, -0.2) is 29.9 Å². The molecule has 0 saturated heterocycles. The summed E-state index contributed by atoms with van der Waals surface area (Å²) in [7, 11) is 5.90. The molecule has 0 radical (unpaired) electrons. The summed E-state index contributed by atoms with van der Waals surface area (Å²) in [4.78, 5) is 0. The van der Waals surface area contributed by atoms with Crippen molar-refractivity contribution in [2.24, 2.45) is 12.1 Å². The molecule has 1 aromatic heterocycles. The van der Waals surface area contributed by atoms with Crippen LogP contribution in [0.4, 0.5) is 0 Å². The van der Waals surface area contributed by atoms with Gasteiger partial charge in [0.05, 0.1) is 23.4 Å². The van der Waals surface area contributed by atoms with Crippen LogP contribution in [0.5, 0.6) is 0 Å². The van der Waals surface area contributed by atoms with Crippen LogP contribution >= 0.6 is 6.04 Å². The summed E-state index contributed by atoms with van der Waals surface area (Å²) in [6, 6.07) is 23.0. The Labute approximate surface area is 154 Å². The molecule has 25 heavy (non-hydrogen) atoms. The van der Waals surface area contributed by atoms with Gasteiger partial charge in [-0.3, -0.25) is 0 Å². The van der Waals surface area contributed by atoms with Crippen LogP contribution in [0.25, 0.3) is 0 Å². The molecular formula is C20H22N3PS. The minimum absolute atomic E-state index is 1.05. The molecule has 3 nitrogen and oxygen atoms in total. The topological polar surface area (TPSA) is 20.5 Å². The highest BCUT2D eigenvalue weighted by atomic mass is 32.4. The highest BCUT2D eigenvalue weighted by Gasteiger charge is 2.27. The van der Waals surface area contributed by atoms with Gasteiger partial charge < -0.3 is 9.58 Å². The molecule has 128 valence electrons. The molecule has 5 heteroatoms. The van der Waals surface area contributed by atoms with Crippen molar-refractivity contribution in [3.63, 3.8) is 0 Å². The van der Waals surface area contributed by atoms with Gasteiger partial charge in [-0.1, -0.05) is 72.5 Å². The summed E-state index contributed by atoms with van der Waals surface area (Å²) in [5.74, 6) is 0. The van der Waals surface area contributed by atoms with Crippen LogP contribution < -0.4 is 16.0 Å². The third kappa shape index (κ3) is 3.46. The maximum atomic E-state index is 6.37. The van der Waals surface area contributed by atoms with Crippen molar-refractivity contribution in [2.45, 2.75) is 0 Å². The third-order valence-electron chi connectivity index (χ3n) is 4.12. The predicted octanol–water partition coefficient (Wildman–Crippen LogP) is 2.68. The fourth-order valence-corrected chi connectivity index (χ4v) is 6.94. The van der Waals surface area contributed by atoms with Crippen LogP contribution in [-0.2, 0) is 18.9 Å². The number of aromatic nitrogens is 1. The van der Waals surface area contributed by atoms with Gasteiger partial charge in [0.25, 0.3) is 0 Å². The maximum Gasteiger partial charge on any atom is 0.0707 e. The molecule has 0 unspecified atom stereocenters.